The third kappa shape index (κ3) is 3.98. The molecule has 0 heterocycles. The Bertz CT molecular complexity index is 429. The van der Waals surface area contributed by atoms with Crippen molar-refractivity contribution < 1.29 is 4.79 Å². The van der Waals surface area contributed by atoms with Crippen molar-refractivity contribution in [3.8, 4) is 0 Å². The van der Waals surface area contributed by atoms with Crippen molar-refractivity contribution in [1.82, 2.24) is 5.32 Å². The van der Waals surface area contributed by atoms with E-state index in [4.69, 9.17) is 29.6 Å². The van der Waals surface area contributed by atoms with E-state index in [0.29, 0.717) is 22.1 Å². The molecule has 0 saturated heterocycles. The summed E-state index contributed by atoms with van der Waals surface area (Å²) in [5.41, 5.74) is 5.75. The standard InChI is InChI=1S/C12H15ClN2OS/c1-12(2,11(14)17)7-15-10(16)8-3-5-9(13)6-4-8/h3-6H,7H2,1-2H3,(H2,14,17)(H,15,16). The summed E-state index contributed by atoms with van der Waals surface area (Å²) in [6, 6.07) is 6.70. The third-order valence-corrected chi connectivity index (χ3v) is 3.27. The van der Waals surface area contributed by atoms with Crippen LogP contribution in [0.5, 0.6) is 0 Å². The molecule has 1 aromatic rings. The molecule has 0 radical (unpaired) electrons. The molecule has 0 saturated carbocycles. The molecule has 1 amide bonds. The molecule has 5 heteroatoms. The first-order chi connectivity index (χ1) is 7.83. The molecule has 1 rings (SSSR count). The first-order valence-electron chi connectivity index (χ1n) is 5.16. The van der Waals surface area contributed by atoms with Gasteiger partial charge in [0.1, 0.15) is 0 Å². The summed E-state index contributed by atoms with van der Waals surface area (Å²) in [5, 5.41) is 3.39. The molecule has 0 atom stereocenters. The Labute approximate surface area is 111 Å². The number of nitrogens with two attached hydrogens (primary N) is 1. The fraction of sp³-hybridized carbons (Fsp3) is 0.333. The third-order valence-electron chi connectivity index (χ3n) is 2.46. The minimum Gasteiger partial charge on any atom is -0.393 e. The van der Waals surface area contributed by atoms with Gasteiger partial charge in [0.2, 0.25) is 0 Å². The van der Waals surface area contributed by atoms with Crippen LogP contribution in [0.4, 0.5) is 0 Å². The Balaban J connectivity index is 2.62. The number of thiocarbonyl (C=S) groups is 1. The van der Waals surface area contributed by atoms with Gasteiger partial charge in [0.15, 0.2) is 0 Å². The second kappa shape index (κ2) is 5.47. The maximum atomic E-state index is 11.8. The quantitative estimate of drug-likeness (QED) is 0.826. The lowest BCUT2D eigenvalue weighted by Crippen LogP contribution is -2.41. The number of halogens is 1. The Hall–Kier alpha value is -1.13. The van der Waals surface area contributed by atoms with E-state index in [0.717, 1.165) is 0 Å². The van der Waals surface area contributed by atoms with E-state index in [1.165, 1.54) is 0 Å². The highest BCUT2D eigenvalue weighted by Crippen LogP contribution is 2.14. The average molecular weight is 271 g/mol. The number of nitrogens with one attached hydrogen (secondary N) is 1. The number of carbonyl (C=O) groups excluding carboxylic acids is 1. The maximum absolute atomic E-state index is 11.8. The predicted molar refractivity (Wildman–Crippen MR) is 74.4 cm³/mol. The smallest absolute Gasteiger partial charge is 0.251 e. The summed E-state index contributed by atoms with van der Waals surface area (Å²) in [4.78, 5) is 12.2. The minimum absolute atomic E-state index is 0.161. The van der Waals surface area contributed by atoms with E-state index in [-0.39, 0.29) is 5.91 Å². The molecule has 0 aliphatic heterocycles. The number of benzene rings is 1. The molecule has 0 aliphatic carbocycles. The fourth-order valence-corrected chi connectivity index (χ4v) is 1.29. The molecular weight excluding hydrogens is 256 g/mol. The van der Waals surface area contributed by atoms with Crippen LogP contribution in [-0.2, 0) is 0 Å². The fourth-order valence-electron chi connectivity index (χ4n) is 1.09. The van der Waals surface area contributed by atoms with Crippen LogP contribution in [0, 0.1) is 5.41 Å². The summed E-state index contributed by atoms with van der Waals surface area (Å²) in [6.07, 6.45) is 0. The van der Waals surface area contributed by atoms with Crippen molar-refractivity contribution in [2.24, 2.45) is 11.1 Å². The van der Waals surface area contributed by atoms with Gasteiger partial charge in [-0.2, -0.15) is 0 Å². The molecule has 0 aliphatic rings. The zero-order valence-corrected chi connectivity index (χ0v) is 11.4. The molecule has 0 bridgehead atoms. The molecule has 3 nitrogen and oxygen atoms in total. The second-order valence-corrected chi connectivity index (χ2v) is 5.31. The molecule has 0 spiro atoms. The van der Waals surface area contributed by atoms with Crippen molar-refractivity contribution in [1.29, 1.82) is 0 Å². The Morgan fingerprint density at radius 3 is 2.41 bits per heavy atom. The van der Waals surface area contributed by atoms with Gasteiger partial charge in [-0.15, -0.1) is 0 Å². The number of rotatable bonds is 4. The van der Waals surface area contributed by atoms with Crippen molar-refractivity contribution in [2.45, 2.75) is 13.8 Å². The topological polar surface area (TPSA) is 55.1 Å². The van der Waals surface area contributed by atoms with Crippen LogP contribution in [0.3, 0.4) is 0 Å². The van der Waals surface area contributed by atoms with E-state index in [1.54, 1.807) is 24.3 Å². The van der Waals surface area contributed by atoms with Gasteiger partial charge in [0.05, 0.1) is 4.99 Å². The van der Waals surface area contributed by atoms with Gasteiger partial charge in [-0.1, -0.05) is 37.7 Å². The summed E-state index contributed by atoms with van der Waals surface area (Å²) in [7, 11) is 0. The number of hydrogen-bond donors (Lipinski definition) is 2. The normalized spacial score (nSPS) is 11.0. The highest BCUT2D eigenvalue weighted by atomic mass is 35.5. The van der Waals surface area contributed by atoms with Gasteiger partial charge in [-0.25, -0.2) is 0 Å². The molecule has 0 fully saturated rings. The Kier molecular flexibility index (Phi) is 4.48. The van der Waals surface area contributed by atoms with Gasteiger partial charge in [0, 0.05) is 22.5 Å². The van der Waals surface area contributed by atoms with Gasteiger partial charge in [-0.05, 0) is 24.3 Å². The van der Waals surface area contributed by atoms with E-state index in [1.807, 2.05) is 13.8 Å². The largest absolute Gasteiger partial charge is 0.393 e. The summed E-state index contributed by atoms with van der Waals surface area (Å²) >= 11 is 10.7. The number of amides is 1. The summed E-state index contributed by atoms with van der Waals surface area (Å²) in [6.45, 7) is 4.18. The monoisotopic (exact) mass is 270 g/mol. The lowest BCUT2D eigenvalue weighted by Gasteiger charge is -2.23. The highest BCUT2D eigenvalue weighted by Gasteiger charge is 2.22. The zero-order chi connectivity index (χ0) is 13.1. The van der Waals surface area contributed by atoms with Crippen molar-refractivity contribution in [3.63, 3.8) is 0 Å². The molecule has 0 aromatic heterocycles. The SMILES string of the molecule is CC(C)(CNC(=O)c1ccc(Cl)cc1)C(N)=S. The lowest BCUT2D eigenvalue weighted by atomic mass is 9.93. The number of hydrogen-bond acceptors (Lipinski definition) is 2. The van der Waals surface area contributed by atoms with Gasteiger partial charge < -0.3 is 11.1 Å². The molecule has 0 unspecified atom stereocenters. The van der Waals surface area contributed by atoms with Crippen LogP contribution >= 0.6 is 23.8 Å². The number of carbonyl (C=O) groups is 1. The van der Waals surface area contributed by atoms with E-state index in [9.17, 15) is 4.79 Å². The van der Waals surface area contributed by atoms with Crippen molar-refractivity contribution in [3.05, 3.63) is 34.9 Å². The van der Waals surface area contributed by atoms with Crippen LogP contribution in [-0.4, -0.2) is 17.4 Å². The van der Waals surface area contributed by atoms with Gasteiger partial charge >= 0.3 is 0 Å². The first kappa shape index (κ1) is 13.9. The van der Waals surface area contributed by atoms with E-state index >= 15 is 0 Å². The molecule has 17 heavy (non-hydrogen) atoms. The van der Waals surface area contributed by atoms with Crippen LogP contribution in [0.25, 0.3) is 0 Å². The Morgan fingerprint density at radius 1 is 1.41 bits per heavy atom. The van der Waals surface area contributed by atoms with E-state index in [2.05, 4.69) is 5.32 Å². The highest BCUT2D eigenvalue weighted by molar-refractivity contribution is 7.80. The van der Waals surface area contributed by atoms with Gasteiger partial charge in [0.25, 0.3) is 5.91 Å². The minimum atomic E-state index is -0.391. The van der Waals surface area contributed by atoms with Crippen LogP contribution < -0.4 is 11.1 Å². The Morgan fingerprint density at radius 2 is 1.94 bits per heavy atom. The molecule has 3 N–H and O–H groups in total. The summed E-state index contributed by atoms with van der Waals surface area (Å²) < 4.78 is 0. The molecule has 1 aromatic carbocycles. The van der Waals surface area contributed by atoms with Crippen LogP contribution in [0.15, 0.2) is 24.3 Å². The van der Waals surface area contributed by atoms with Crippen LogP contribution in [0.2, 0.25) is 5.02 Å². The molecular formula is C12H15ClN2OS. The predicted octanol–water partition coefficient (Wildman–Crippen LogP) is 2.38. The van der Waals surface area contributed by atoms with Crippen molar-refractivity contribution in [2.75, 3.05) is 6.54 Å². The summed E-state index contributed by atoms with van der Waals surface area (Å²) in [5.74, 6) is -0.161. The zero-order valence-electron chi connectivity index (χ0n) is 9.79. The van der Waals surface area contributed by atoms with E-state index < -0.39 is 5.41 Å². The lowest BCUT2D eigenvalue weighted by molar-refractivity contribution is 0.0945. The molecule has 92 valence electrons. The second-order valence-electron chi connectivity index (χ2n) is 4.44. The van der Waals surface area contributed by atoms with Gasteiger partial charge in [-0.3, -0.25) is 4.79 Å². The van der Waals surface area contributed by atoms with Crippen LogP contribution in [0.1, 0.15) is 24.2 Å². The maximum Gasteiger partial charge on any atom is 0.251 e. The average Bonchev–Trinajstić information content (AvgIpc) is 2.27. The van der Waals surface area contributed by atoms with Crippen molar-refractivity contribution >= 4 is 34.7 Å². The first-order valence-corrected chi connectivity index (χ1v) is 5.95.